The van der Waals surface area contributed by atoms with Gasteiger partial charge >= 0.3 is 6.18 Å². The van der Waals surface area contributed by atoms with Gasteiger partial charge in [0.05, 0.1) is 5.92 Å². The molecular formula is C9H15F3O. The Bertz CT molecular complexity index is 168. The van der Waals surface area contributed by atoms with Gasteiger partial charge in [0.25, 0.3) is 0 Å². The van der Waals surface area contributed by atoms with Gasteiger partial charge in [-0.3, -0.25) is 0 Å². The fourth-order valence-electron chi connectivity index (χ4n) is 1.80. The number of halogens is 3. The molecule has 0 bridgehead atoms. The quantitative estimate of drug-likeness (QED) is 0.683. The molecule has 0 aliphatic heterocycles. The Morgan fingerprint density at radius 3 is 2.08 bits per heavy atom. The van der Waals surface area contributed by atoms with Gasteiger partial charge in [-0.25, -0.2) is 0 Å². The third-order valence-corrected chi connectivity index (χ3v) is 3.04. The predicted molar refractivity (Wildman–Crippen MR) is 43.2 cm³/mol. The van der Waals surface area contributed by atoms with Gasteiger partial charge in [0, 0.05) is 6.61 Å². The molecule has 4 heteroatoms. The summed E-state index contributed by atoms with van der Waals surface area (Å²) in [6.07, 6.45) is -2.75. The number of aliphatic hydroxyl groups excluding tert-OH is 1. The largest absolute Gasteiger partial charge is 0.396 e. The van der Waals surface area contributed by atoms with E-state index < -0.39 is 12.1 Å². The molecule has 78 valence electrons. The maximum atomic E-state index is 12.2. The molecule has 1 fully saturated rings. The minimum absolute atomic E-state index is 0.00240. The first-order chi connectivity index (χ1) is 5.87. The lowest BCUT2D eigenvalue weighted by molar-refractivity contribution is -0.188. The minimum Gasteiger partial charge on any atom is -0.396 e. The van der Waals surface area contributed by atoms with E-state index in [-0.39, 0.29) is 24.9 Å². The normalized spacial score (nSPS) is 36.2. The first-order valence-electron chi connectivity index (χ1n) is 4.55. The third kappa shape index (κ3) is 2.59. The number of rotatable bonds is 1. The Labute approximate surface area is 75.9 Å². The average Bonchev–Trinajstić information content (AvgIpc) is 2.04. The van der Waals surface area contributed by atoms with Crippen LogP contribution in [0.1, 0.15) is 32.6 Å². The van der Waals surface area contributed by atoms with Gasteiger partial charge in [0.2, 0.25) is 0 Å². The van der Waals surface area contributed by atoms with Crippen LogP contribution in [0.15, 0.2) is 0 Å². The maximum absolute atomic E-state index is 12.2. The summed E-state index contributed by atoms with van der Waals surface area (Å²) in [7, 11) is 0. The number of aliphatic hydroxyl groups is 1. The van der Waals surface area contributed by atoms with Gasteiger partial charge < -0.3 is 5.11 Å². The van der Waals surface area contributed by atoms with Crippen LogP contribution in [0.4, 0.5) is 13.2 Å². The smallest absolute Gasteiger partial charge is 0.391 e. The molecule has 0 aromatic rings. The van der Waals surface area contributed by atoms with Crippen molar-refractivity contribution in [3.05, 3.63) is 0 Å². The van der Waals surface area contributed by atoms with Crippen molar-refractivity contribution in [2.24, 2.45) is 11.3 Å². The minimum atomic E-state index is -4.04. The first-order valence-corrected chi connectivity index (χ1v) is 4.55. The van der Waals surface area contributed by atoms with Crippen LogP contribution >= 0.6 is 0 Å². The molecule has 13 heavy (non-hydrogen) atoms. The first kappa shape index (κ1) is 10.8. The topological polar surface area (TPSA) is 20.2 Å². The monoisotopic (exact) mass is 196 g/mol. The summed E-state index contributed by atoms with van der Waals surface area (Å²) < 4.78 is 36.7. The van der Waals surface area contributed by atoms with Crippen LogP contribution in [-0.2, 0) is 0 Å². The second kappa shape index (κ2) is 3.48. The van der Waals surface area contributed by atoms with Crippen molar-refractivity contribution in [3.8, 4) is 0 Å². The van der Waals surface area contributed by atoms with Crippen LogP contribution in [0, 0.1) is 11.3 Å². The van der Waals surface area contributed by atoms with Crippen LogP contribution in [-0.4, -0.2) is 17.9 Å². The Kier molecular flexibility index (Phi) is 2.90. The molecule has 0 spiro atoms. The third-order valence-electron chi connectivity index (χ3n) is 3.04. The zero-order chi connectivity index (χ0) is 10.1. The Morgan fingerprint density at radius 2 is 1.77 bits per heavy atom. The Morgan fingerprint density at radius 1 is 1.31 bits per heavy atom. The average molecular weight is 196 g/mol. The lowest BCUT2D eigenvalue weighted by Gasteiger charge is -2.36. The van der Waals surface area contributed by atoms with Crippen LogP contribution < -0.4 is 0 Å². The summed E-state index contributed by atoms with van der Waals surface area (Å²) in [4.78, 5) is 0. The van der Waals surface area contributed by atoms with Crippen molar-refractivity contribution in [1.82, 2.24) is 0 Å². The molecule has 0 saturated heterocycles. The van der Waals surface area contributed by atoms with E-state index in [4.69, 9.17) is 5.11 Å². The molecule has 0 aromatic carbocycles. The van der Waals surface area contributed by atoms with Crippen LogP contribution in [0.3, 0.4) is 0 Å². The zero-order valence-electron chi connectivity index (χ0n) is 7.69. The molecule has 0 heterocycles. The van der Waals surface area contributed by atoms with E-state index in [0.717, 1.165) is 0 Å². The van der Waals surface area contributed by atoms with Crippen molar-refractivity contribution in [3.63, 3.8) is 0 Å². The number of alkyl halides is 3. The molecular weight excluding hydrogens is 181 g/mol. The zero-order valence-corrected chi connectivity index (χ0v) is 7.69. The van der Waals surface area contributed by atoms with E-state index in [1.807, 2.05) is 6.92 Å². The summed E-state index contributed by atoms with van der Waals surface area (Å²) >= 11 is 0. The van der Waals surface area contributed by atoms with Gasteiger partial charge in [0.1, 0.15) is 0 Å². The highest BCUT2D eigenvalue weighted by atomic mass is 19.4. The summed E-state index contributed by atoms with van der Waals surface area (Å²) in [5, 5.41) is 8.96. The molecule has 0 amide bonds. The van der Waals surface area contributed by atoms with Crippen LogP contribution in [0.25, 0.3) is 0 Å². The molecule has 1 rings (SSSR count). The van der Waals surface area contributed by atoms with Crippen molar-refractivity contribution in [2.75, 3.05) is 6.61 Å². The van der Waals surface area contributed by atoms with E-state index in [0.29, 0.717) is 12.8 Å². The van der Waals surface area contributed by atoms with Gasteiger partial charge in [-0.2, -0.15) is 13.2 Å². The van der Waals surface area contributed by atoms with E-state index in [1.54, 1.807) is 0 Å². The SMILES string of the molecule is CC1(CO)CCC(C(F)(F)F)CC1. The van der Waals surface area contributed by atoms with Gasteiger partial charge in [-0.15, -0.1) is 0 Å². The fourth-order valence-corrected chi connectivity index (χ4v) is 1.80. The maximum Gasteiger partial charge on any atom is 0.391 e. The van der Waals surface area contributed by atoms with Crippen molar-refractivity contribution in [1.29, 1.82) is 0 Å². The molecule has 0 radical (unpaired) electrons. The van der Waals surface area contributed by atoms with Crippen molar-refractivity contribution >= 4 is 0 Å². The van der Waals surface area contributed by atoms with Gasteiger partial charge in [-0.1, -0.05) is 6.92 Å². The van der Waals surface area contributed by atoms with E-state index >= 15 is 0 Å². The van der Waals surface area contributed by atoms with Crippen molar-refractivity contribution in [2.45, 2.75) is 38.8 Å². The molecule has 1 nitrogen and oxygen atoms in total. The number of hydrogen-bond acceptors (Lipinski definition) is 1. The fraction of sp³-hybridized carbons (Fsp3) is 1.00. The summed E-state index contributed by atoms with van der Waals surface area (Å²) in [5.74, 6) is -1.15. The predicted octanol–water partition coefficient (Wildman–Crippen LogP) is 2.74. The molecule has 1 N–H and O–H groups in total. The van der Waals surface area contributed by atoms with Crippen LogP contribution in [0.5, 0.6) is 0 Å². The summed E-state index contributed by atoms with van der Waals surface area (Å²) in [5.41, 5.74) is -0.276. The molecule has 0 atom stereocenters. The summed E-state index contributed by atoms with van der Waals surface area (Å²) in [6.45, 7) is 1.84. The standard InChI is InChI=1S/C9H15F3O/c1-8(6-13)4-2-7(3-5-8)9(10,11)12/h7,13H,2-6H2,1H3. The van der Waals surface area contributed by atoms with E-state index in [9.17, 15) is 13.2 Å². The second-order valence-electron chi connectivity index (χ2n) is 4.28. The molecule has 0 aromatic heterocycles. The van der Waals surface area contributed by atoms with Crippen LogP contribution in [0.2, 0.25) is 0 Å². The molecule has 0 unspecified atom stereocenters. The highest BCUT2D eigenvalue weighted by Crippen LogP contribution is 2.44. The second-order valence-corrected chi connectivity index (χ2v) is 4.28. The lowest BCUT2D eigenvalue weighted by atomic mass is 9.72. The summed E-state index contributed by atoms with van der Waals surface area (Å²) in [6, 6.07) is 0. The van der Waals surface area contributed by atoms with Gasteiger partial charge in [-0.05, 0) is 31.1 Å². The van der Waals surface area contributed by atoms with E-state index in [1.165, 1.54) is 0 Å². The van der Waals surface area contributed by atoms with E-state index in [2.05, 4.69) is 0 Å². The molecule has 1 saturated carbocycles. The van der Waals surface area contributed by atoms with Gasteiger partial charge in [0.15, 0.2) is 0 Å². The molecule has 1 aliphatic rings. The highest BCUT2D eigenvalue weighted by Gasteiger charge is 2.43. The number of hydrogen-bond donors (Lipinski definition) is 1. The Hall–Kier alpha value is -0.250. The highest BCUT2D eigenvalue weighted by molar-refractivity contribution is 4.84. The Balaban J connectivity index is 2.48. The lowest BCUT2D eigenvalue weighted by Crippen LogP contribution is -2.34. The molecule has 1 aliphatic carbocycles. The van der Waals surface area contributed by atoms with Crippen molar-refractivity contribution < 1.29 is 18.3 Å².